The summed E-state index contributed by atoms with van der Waals surface area (Å²) in [6.07, 6.45) is 0. The standard InChI is InChI=1S/C18H22N2O/c1-13(2)19-17-12-8-7-11-16(17)18(21)20-14(3)15-9-5-4-6-10-15/h4-14,19H,1-3H3,(H,20,21)/t14-/m1/s1. The lowest BCUT2D eigenvalue weighted by Gasteiger charge is -2.18. The quantitative estimate of drug-likeness (QED) is 0.870. The molecule has 0 saturated heterocycles. The SMILES string of the molecule is CC(C)Nc1ccccc1C(=O)N[C@H](C)c1ccccc1. The summed E-state index contributed by atoms with van der Waals surface area (Å²) in [7, 11) is 0. The third-order valence-electron chi connectivity index (χ3n) is 3.26. The van der Waals surface area contributed by atoms with Crippen molar-refractivity contribution in [2.45, 2.75) is 32.9 Å². The number of nitrogens with one attached hydrogen (secondary N) is 2. The number of para-hydroxylation sites is 1. The lowest BCUT2D eigenvalue weighted by atomic mass is 10.1. The van der Waals surface area contributed by atoms with Crippen molar-refractivity contribution in [2.75, 3.05) is 5.32 Å². The molecule has 0 heterocycles. The number of benzene rings is 2. The maximum Gasteiger partial charge on any atom is 0.253 e. The van der Waals surface area contributed by atoms with Crippen molar-refractivity contribution in [3.63, 3.8) is 0 Å². The molecule has 1 atom stereocenters. The fourth-order valence-electron chi connectivity index (χ4n) is 2.22. The van der Waals surface area contributed by atoms with Gasteiger partial charge in [-0.25, -0.2) is 0 Å². The fraction of sp³-hybridized carbons (Fsp3) is 0.278. The summed E-state index contributed by atoms with van der Waals surface area (Å²) < 4.78 is 0. The van der Waals surface area contributed by atoms with Crippen LogP contribution in [-0.2, 0) is 0 Å². The van der Waals surface area contributed by atoms with Gasteiger partial charge in [0.25, 0.3) is 5.91 Å². The molecule has 0 aliphatic rings. The van der Waals surface area contributed by atoms with Crippen molar-refractivity contribution >= 4 is 11.6 Å². The number of carbonyl (C=O) groups excluding carboxylic acids is 1. The highest BCUT2D eigenvalue weighted by Gasteiger charge is 2.14. The van der Waals surface area contributed by atoms with Crippen LogP contribution in [0.15, 0.2) is 54.6 Å². The van der Waals surface area contributed by atoms with Crippen LogP contribution in [0.3, 0.4) is 0 Å². The highest BCUT2D eigenvalue weighted by molar-refractivity contribution is 5.99. The van der Waals surface area contributed by atoms with E-state index >= 15 is 0 Å². The van der Waals surface area contributed by atoms with Crippen LogP contribution in [0.1, 0.15) is 42.7 Å². The number of rotatable bonds is 5. The molecule has 0 fully saturated rings. The number of amides is 1. The van der Waals surface area contributed by atoms with E-state index in [-0.39, 0.29) is 18.0 Å². The molecule has 0 bridgehead atoms. The molecule has 3 heteroatoms. The molecule has 0 aliphatic heterocycles. The van der Waals surface area contributed by atoms with E-state index in [1.54, 1.807) is 0 Å². The van der Waals surface area contributed by atoms with E-state index in [0.29, 0.717) is 5.56 Å². The summed E-state index contributed by atoms with van der Waals surface area (Å²) in [5.41, 5.74) is 2.64. The Kier molecular flexibility index (Phi) is 4.99. The summed E-state index contributed by atoms with van der Waals surface area (Å²) in [6, 6.07) is 17.8. The number of anilines is 1. The predicted octanol–water partition coefficient (Wildman–Crippen LogP) is 4.00. The zero-order chi connectivity index (χ0) is 15.2. The summed E-state index contributed by atoms with van der Waals surface area (Å²) in [5, 5.41) is 6.35. The molecule has 3 nitrogen and oxygen atoms in total. The highest BCUT2D eigenvalue weighted by atomic mass is 16.1. The minimum Gasteiger partial charge on any atom is -0.382 e. The van der Waals surface area contributed by atoms with Crippen LogP contribution < -0.4 is 10.6 Å². The zero-order valence-corrected chi connectivity index (χ0v) is 12.8. The van der Waals surface area contributed by atoms with Crippen LogP contribution in [0.2, 0.25) is 0 Å². The third-order valence-corrected chi connectivity index (χ3v) is 3.26. The van der Waals surface area contributed by atoms with E-state index < -0.39 is 0 Å². The molecule has 1 amide bonds. The van der Waals surface area contributed by atoms with Gasteiger partial charge in [0.2, 0.25) is 0 Å². The summed E-state index contributed by atoms with van der Waals surface area (Å²) in [6.45, 7) is 6.11. The van der Waals surface area contributed by atoms with E-state index in [9.17, 15) is 4.79 Å². The lowest BCUT2D eigenvalue weighted by Crippen LogP contribution is -2.27. The van der Waals surface area contributed by atoms with Crippen molar-refractivity contribution in [1.82, 2.24) is 5.32 Å². The first-order chi connectivity index (χ1) is 10.1. The molecule has 0 aliphatic carbocycles. The molecule has 2 aromatic carbocycles. The number of hydrogen-bond acceptors (Lipinski definition) is 2. The van der Waals surface area contributed by atoms with Gasteiger partial charge in [-0.1, -0.05) is 42.5 Å². The maximum absolute atomic E-state index is 12.5. The Morgan fingerprint density at radius 2 is 1.52 bits per heavy atom. The highest BCUT2D eigenvalue weighted by Crippen LogP contribution is 2.18. The molecule has 0 radical (unpaired) electrons. The molecular weight excluding hydrogens is 260 g/mol. The van der Waals surface area contributed by atoms with Crippen LogP contribution in [0.25, 0.3) is 0 Å². The van der Waals surface area contributed by atoms with Gasteiger partial charge in [-0.2, -0.15) is 0 Å². The molecule has 0 unspecified atom stereocenters. The largest absolute Gasteiger partial charge is 0.382 e. The lowest BCUT2D eigenvalue weighted by molar-refractivity contribution is 0.0940. The van der Waals surface area contributed by atoms with Crippen molar-refractivity contribution < 1.29 is 4.79 Å². The number of carbonyl (C=O) groups is 1. The van der Waals surface area contributed by atoms with Gasteiger partial charge in [-0.15, -0.1) is 0 Å². The first-order valence-corrected chi connectivity index (χ1v) is 7.29. The van der Waals surface area contributed by atoms with Crippen LogP contribution in [0.4, 0.5) is 5.69 Å². The minimum atomic E-state index is -0.0601. The molecule has 0 spiro atoms. The molecule has 0 saturated carbocycles. The van der Waals surface area contributed by atoms with Gasteiger partial charge in [-0.3, -0.25) is 4.79 Å². The smallest absolute Gasteiger partial charge is 0.253 e. The van der Waals surface area contributed by atoms with Gasteiger partial charge in [0, 0.05) is 11.7 Å². The number of hydrogen-bond donors (Lipinski definition) is 2. The zero-order valence-electron chi connectivity index (χ0n) is 12.8. The van der Waals surface area contributed by atoms with Crippen LogP contribution in [-0.4, -0.2) is 11.9 Å². The first kappa shape index (κ1) is 15.1. The Morgan fingerprint density at radius 3 is 2.19 bits per heavy atom. The van der Waals surface area contributed by atoms with E-state index in [2.05, 4.69) is 24.5 Å². The van der Waals surface area contributed by atoms with Gasteiger partial charge in [0.15, 0.2) is 0 Å². The summed E-state index contributed by atoms with van der Waals surface area (Å²) in [4.78, 5) is 12.5. The Bertz CT molecular complexity index is 593. The molecule has 2 aromatic rings. The topological polar surface area (TPSA) is 41.1 Å². The van der Waals surface area contributed by atoms with Crippen molar-refractivity contribution in [2.24, 2.45) is 0 Å². The maximum atomic E-state index is 12.5. The molecule has 21 heavy (non-hydrogen) atoms. The fourth-order valence-corrected chi connectivity index (χ4v) is 2.22. The second kappa shape index (κ2) is 6.93. The van der Waals surface area contributed by atoms with Gasteiger partial charge >= 0.3 is 0 Å². The first-order valence-electron chi connectivity index (χ1n) is 7.29. The normalized spacial score (nSPS) is 12.0. The van der Waals surface area contributed by atoms with E-state index in [4.69, 9.17) is 0 Å². The molecule has 2 N–H and O–H groups in total. The van der Waals surface area contributed by atoms with E-state index in [1.165, 1.54) is 0 Å². The molecule has 110 valence electrons. The van der Waals surface area contributed by atoms with E-state index in [1.807, 2.05) is 61.5 Å². The third kappa shape index (κ3) is 4.09. The van der Waals surface area contributed by atoms with Gasteiger partial charge in [0.1, 0.15) is 0 Å². The van der Waals surface area contributed by atoms with Crippen LogP contribution in [0.5, 0.6) is 0 Å². The Balaban J connectivity index is 2.14. The van der Waals surface area contributed by atoms with Gasteiger partial charge < -0.3 is 10.6 Å². The molecule has 2 rings (SSSR count). The van der Waals surface area contributed by atoms with Crippen molar-refractivity contribution in [3.05, 3.63) is 65.7 Å². The van der Waals surface area contributed by atoms with Crippen LogP contribution >= 0.6 is 0 Å². The van der Waals surface area contributed by atoms with Gasteiger partial charge in [0.05, 0.1) is 11.6 Å². The molecule has 0 aromatic heterocycles. The Morgan fingerprint density at radius 1 is 0.905 bits per heavy atom. The predicted molar refractivity (Wildman–Crippen MR) is 87.5 cm³/mol. The Hall–Kier alpha value is -2.29. The Labute approximate surface area is 126 Å². The average molecular weight is 282 g/mol. The van der Waals surface area contributed by atoms with Crippen molar-refractivity contribution in [3.8, 4) is 0 Å². The average Bonchev–Trinajstić information content (AvgIpc) is 2.48. The minimum absolute atomic E-state index is 0.0224. The van der Waals surface area contributed by atoms with Crippen molar-refractivity contribution in [1.29, 1.82) is 0 Å². The monoisotopic (exact) mass is 282 g/mol. The second-order valence-corrected chi connectivity index (χ2v) is 5.45. The summed E-state index contributed by atoms with van der Waals surface area (Å²) in [5.74, 6) is -0.0601. The van der Waals surface area contributed by atoms with Gasteiger partial charge in [-0.05, 0) is 38.5 Å². The van der Waals surface area contributed by atoms with Crippen LogP contribution in [0, 0.1) is 0 Å². The molecular formula is C18H22N2O. The van der Waals surface area contributed by atoms with E-state index in [0.717, 1.165) is 11.3 Å². The summed E-state index contributed by atoms with van der Waals surface area (Å²) >= 11 is 0. The second-order valence-electron chi connectivity index (χ2n) is 5.45.